The number of hydrogen-bond donors (Lipinski definition) is 3. The maximum absolute atomic E-state index is 4.06. The van der Waals surface area contributed by atoms with Crippen LogP contribution in [-0.4, -0.2) is 19.3 Å². The molecule has 1 saturated heterocycles. The standard InChI is InChI=1S/C11H18N4/c1-4-10(6-5-9(2)12-3)11-7-8-13-15-14-11/h4-6,13-15H,1,7-8H2,2-3H3/b6-5-,11-10+,12-9?. The van der Waals surface area contributed by atoms with Gasteiger partial charge >= 0.3 is 0 Å². The molecule has 0 radical (unpaired) electrons. The third kappa shape index (κ3) is 3.69. The minimum atomic E-state index is 0.911. The highest BCUT2D eigenvalue weighted by molar-refractivity contribution is 5.93. The summed E-state index contributed by atoms with van der Waals surface area (Å²) in [4.78, 5) is 4.06. The molecule has 0 aromatic rings. The van der Waals surface area contributed by atoms with Crippen LogP contribution in [0.25, 0.3) is 0 Å². The van der Waals surface area contributed by atoms with E-state index in [0.717, 1.165) is 29.9 Å². The van der Waals surface area contributed by atoms with Crippen LogP contribution in [0, 0.1) is 0 Å². The lowest BCUT2D eigenvalue weighted by molar-refractivity contribution is 0.417. The molecule has 0 spiro atoms. The van der Waals surface area contributed by atoms with Gasteiger partial charge in [0.1, 0.15) is 0 Å². The molecule has 3 N–H and O–H groups in total. The van der Waals surface area contributed by atoms with Crippen molar-refractivity contribution in [3.8, 4) is 0 Å². The zero-order valence-corrected chi connectivity index (χ0v) is 9.30. The molecule has 1 fully saturated rings. The van der Waals surface area contributed by atoms with Crippen molar-refractivity contribution >= 4 is 5.71 Å². The van der Waals surface area contributed by atoms with Crippen LogP contribution in [0.1, 0.15) is 13.3 Å². The molecule has 1 aliphatic rings. The topological polar surface area (TPSA) is 48.5 Å². The SMILES string of the molecule is C=CC(/C=C\C(C)=NC)=C1/CCNNN1. The monoisotopic (exact) mass is 206 g/mol. The molecule has 0 bridgehead atoms. The van der Waals surface area contributed by atoms with Gasteiger partial charge in [-0.2, -0.15) is 5.53 Å². The van der Waals surface area contributed by atoms with Crippen molar-refractivity contribution < 1.29 is 0 Å². The van der Waals surface area contributed by atoms with Gasteiger partial charge in [-0.15, -0.1) is 0 Å². The predicted molar refractivity (Wildman–Crippen MR) is 64.3 cm³/mol. The average molecular weight is 206 g/mol. The molecule has 4 nitrogen and oxygen atoms in total. The maximum Gasteiger partial charge on any atom is 0.0360 e. The van der Waals surface area contributed by atoms with Crippen LogP contribution in [0.3, 0.4) is 0 Å². The number of hydrazine groups is 2. The highest BCUT2D eigenvalue weighted by Crippen LogP contribution is 2.09. The van der Waals surface area contributed by atoms with Crippen molar-refractivity contribution in [1.82, 2.24) is 16.4 Å². The Bertz CT molecular complexity index is 305. The first-order chi connectivity index (χ1) is 7.27. The van der Waals surface area contributed by atoms with E-state index in [-0.39, 0.29) is 0 Å². The summed E-state index contributed by atoms with van der Waals surface area (Å²) in [6.45, 7) is 6.68. The molecular weight excluding hydrogens is 188 g/mol. The van der Waals surface area contributed by atoms with Crippen molar-refractivity contribution in [2.75, 3.05) is 13.6 Å². The van der Waals surface area contributed by atoms with Crippen LogP contribution in [0.2, 0.25) is 0 Å². The summed E-state index contributed by atoms with van der Waals surface area (Å²) in [6.07, 6.45) is 6.80. The first kappa shape index (κ1) is 11.7. The highest BCUT2D eigenvalue weighted by atomic mass is 15.6. The quantitative estimate of drug-likeness (QED) is 0.605. The molecule has 1 rings (SSSR count). The van der Waals surface area contributed by atoms with Crippen molar-refractivity contribution in [1.29, 1.82) is 0 Å². The zero-order valence-electron chi connectivity index (χ0n) is 9.30. The van der Waals surface area contributed by atoms with Gasteiger partial charge in [0.15, 0.2) is 0 Å². The molecule has 0 aromatic carbocycles. The van der Waals surface area contributed by atoms with Gasteiger partial charge in [0.2, 0.25) is 0 Å². The fourth-order valence-corrected chi connectivity index (χ4v) is 1.23. The zero-order chi connectivity index (χ0) is 11.1. The Morgan fingerprint density at radius 2 is 2.27 bits per heavy atom. The van der Waals surface area contributed by atoms with E-state index in [1.54, 1.807) is 7.05 Å². The Morgan fingerprint density at radius 3 is 2.80 bits per heavy atom. The molecule has 0 saturated carbocycles. The molecule has 0 unspecified atom stereocenters. The van der Waals surface area contributed by atoms with Crippen LogP contribution in [0.4, 0.5) is 0 Å². The van der Waals surface area contributed by atoms with Gasteiger partial charge in [-0.1, -0.05) is 18.7 Å². The van der Waals surface area contributed by atoms with Gasteiger partial charge in [-0.3, -0.25) is 4.99 Å². The summed E-state index contributed by atoms with van der Waals surface area (Å²) in [5, 5.41) is 0. The molecule has 15 heavy (non-hydrogen) atoms. The maximum atomic E-state index is 4.06. The van der Waals surface area contributed by atoms with E-state index >= 15 is 0 Å². The van der Waals surface area contributed by atoms with Crippen molar-refractivity contribution in [3.05, 3.63) is 36.1 Å². The van der Waals surface area contributed by atoms with E-state index in [9.17, 15) is 0 Å². The van der Waals surface area contributed by atoms with Gasteiger partial charge in [0, 0.05) is 31.4 Å². The number of allylic oxidation sites excluding steroid dienone is 4. The third-order valence-corrected chi connectivity index (χ3v) is 2.23. The van der Waals surface area contributed by atoms with Crippen molar-refractivity contribution in [2.24, 2.45) is 4.99 Å². The van der Waals surface area contributed by atoms with E-state index < -0.39 is 0 Å². The Kier molecular flexibility index (Phi) is 4.80. The Balaban J connectivity index is 2.77. The van der Waals surface area contributed by atoms with E-state index in [4.69, 9.17) is 0 Å². The molecule has 1 heterocycles. The molecule has 4 heteroatoms. The van der Waals surface area contributed by atoms with Crippen LogP contribution in [0.15, 0.2) is 41.1 Å². The summed E-state index contributed by atoms with van der Waals surface area (Å²) in [5.41, 5.74) is 12.2. The van der Waals surface area contributed by atoms with Gasteiger partial charge in [-0.05, 0) is 18.6 Å². The van der Waals surface area contributed by atoms with Gasteiger partial charge in [0.05, 0.1) is 0 Å². The average Bonchev–Trinajstić information content (AvgIpc) is 2.31. The third-order valence-electron chi connectivity index (χ3n) is 2.23. The van der Waals surface area contributed by atoms with E-state index in [1.165, 1.54) is 0 Å². The summed E-state index contributed by atoms with van der Waals surface area (Å²) >= 11 is 0. The molecular formula is C11H18N4. The largest absolute Gasteiger partial charge is 0.312 e. The van der Waals surface area contributed by atoms with Gasteiger partial charge in [0.25, 0.3) is 0 Å². The summed E-state index contributed by atoms with van der Waals surface area (Å²) < 4.78 is 0. The van der Waals surface area contributed by atoms with Crippen LogP contribution in [0.5, 0.6) is 0 Å². The van der Waals surface area contributed by atoms with E-state index in [0.29, 0.717) is 0 Å². The highest BCUT2D eigenvalue weighted by Gasteiger charge is 2.05. The van der Waals surface area contributed by atoms with Gasteiger partial charge < -0.3 is 5.43 Å². The second-order valence-corrected chi connectivity index (χ2v) is 3.26. The molecule has 1 aliphatic heterocycles. The minimum Gasteiger partial charge on any atom is -0.312 e. The van der Waals surface area contributed by atoms with Crippen LogP contribution >= 0.6 is 0 Å². The first-order valence-electron chi connectivity index (χ1n) is 4.99. The Morgan fingerprint density at radius 1 is 1.47 bits per heavy atom. The van der Waals surface area contributed by atoms with E-state index in [2.05, 4.69) is 28.0 Å². The van der Waals surface area contributed by atoms with Gasteiger partial charge in [-0.25, -0.2) is 5.43 Å². The molecule has 0 aromatic heterocycles. The number of hydrogen-bond acceptors (Lipinski definition) is 4. The number of nitrogens with zero attached hydrogens (tertiary/aromatic N) is 1. The Hall–Kier alpha value is -1.39. The smallest absolute Gasteiger partial charge is 0.0360 e. The lowest BCUT2D eigenvalue weighted by atomic mass is 10.1. The fraction of sp³-hybridized carbons (Fsp3) is 0.364. The fourth-order valence-electron chi connectivity index (χ4n) is 1.23. The second kappa shape index (κ2) is 6.16. The molecule has 0 amide bonds. The summed E-state index contributed by atoms with van der Waals surface area (Å²) in [5.74, 6) is 0. The molecule has 82 valence electrons. The lowest BCUT2D eigenvalue weighted by Gasteiger charge is -2.20. The van der Waals surface area contributed by atoms with E-state index in [1.807, 2.05) is 25.2 Å². The van der Waals surface area contributed by atoms with Crippen molar-refractivity contribution in [2.45, 2.75) is 13.3 Å². The first-order valence-corrected chi connectivity index (χ1v) is 4.99. The molecule has 0 atom stereocenters. The van der Waals surface area contributed by atoms with Crippen molar-refractivity contribution in [3.63, 3.8) is 0 Å². The second-order valence-electron chi connectivity index (χ2n) is 3.26. The van der Waals surface area contributed by atoms with Crippen LogP contribution < -0.4 is 16.4 Å². The van der Waals surface area contributed by atoms with Crippen LogP contribution in [-0.2, 0) is 0 Å². The lowest BCUT2D eigenvalue weighted by Crippen LogP contribution is -2.48. The number of aliphatic imine (C=N–C) groups is 1. The number of nitrogens with one attached hydrogen (secondary N) is 3. The predicted octanol–water partition coefficient (Wildman–Crippen LogP) is 1.08. The summed E-state index contributed by atoms with van der Waals surface area (Å²) in [7, 11) is 1.78. The summed E-state index contributed by atoms with van der Waals surface area (Å²) in [6, 6.07) is 0. The Labute approximate surface area is 90.8 Å². The number of rotatable bonds is 3. The minimum absolute atomic E-state index is 0.911. The normalized spacial score (nSPS) is 21.3. The molecule has 0 aliphatic carbocycles.